The molecule has 1 aromatic carbocycles. The van der Waals surface area contributed by atoms with Crippen LogP contribution in [0.1, 0.15) is 62.5 Å². The Balaban J connectivity index is 2.23. The zero-order chi connectivity index (χ0) is 15.3. The molecule has 2 atom stereocenters. The van der Waals surface area contributed by atoms with Gasteiger partial charge in [0.05, 0.1) is 5.56 Å². The maximum atomic E-state index is 12.9. The summed E-state index contributed by atoms with van der Waals surface area (Å²) < 4.78 is 38.7. The van der Waals surface area contributed by atoms with Crippen molar-refractivity contribution in [1.82, 2.24) is 5.32 Å². The molecule has 1 aliphatic carbocycles. The minimum atomic E-state index is -4.26. The molecule has 2 unspecified atom stereocenters. The SMILES string of the molecule is CCCNC1CCCCCC1c1cccc(C(F)(F)F)c1. The van der Waals surface area contributed by atoms with E-state index in [0.717, 1.165) is 50.3 Å². The Morgan fingerprint density at radius 2 is 1.90 bits per heavy atom. The Morgan fingerprint density at radius 1 is 1.14 bits per heavy atom. The fourth-order valence-corrected chi connectivity index (χ4v) is 3.23. The Kier molecular flexibility index (Phi) is 5.68. The minimum Gasteiger partial charge on any atom is -0.313 e. The van der Waals surface area contributed by atoms with Crippen LogP contribution in [0.5, 0.6) is 0 Å². The average Bonchev–Trinajstić information content (AvgIpc) is 2.69. The zero-order valence-corrected chi connectivity index (χ0v) is 12.5. The molecule has 0 radical (unpaired) electrons. The molecule has 1 aliphatic rings. The zero-order valence-electron chi connectivity index (χ0n) is 12.5. The Hall–Kier alpha value is -1.03. The third kappa shape index (κ3) is 4.47. The topological polar surface area (TPSA) is 12.0 Å². The van der Waals surface area contributed by atoms with E-state index in [2.05, 4.69) is 12.2 Å². The normalized spacial score (nSPS) is 23.8. The molecular formula is C17H24F3N. The van der Waals surface area contributed by atoms with Crippen molar-refractivity contribution >= 4 is 0 Å². The molecule has 2 rings (SSSR count). The maximum absolute atomic E-state index is 12.9. The third-order valence-electron chi connectivity index (χ3n) is 4.31. The lowest BCUT2D eigenvalue weighted by Crippen LogP contribution is -2.35. The van der Waals surface area contributed by atoms with E-state index in [1.54, 1.807) is 6.07 Å². The van der Waals surface area contributed by atoms with Crippen LogP contribution in [0.4, 0.5) is 13.2 Å². The van der Waals surface area contributed by atoms with E-state index in [-0.39, 0.29) is 5.92 Å². The summed E-state index contributed by atoms with van der Waals surface area (Å²) >= 11 is 0. The number of rotatable bonds is 4. The first kappa shape index (κ1) is 16.3. The predicted molar refractivity (Wildman–Crippen MR) is 79.4 cm³/mol. The monoisotopic (exact) mass is 299 g/mol. The molecule has 0 amide bonds. The van der Waals surface area contributed by atoms with Crippen LogP contribution < -0.4 is 5.32 Å². The summed E-state index contributed by atoms with van der Waals surface area (Å²) in [6.07, 6.45) is 2.27. The van der Waals surface area contributed by atoms with Crippen LogP contribution in [0, 0.1) is 0 Å². The highest BCUT2D eigenvalue weighted by molar-refractivity contribution is 5.29. The van der Waals surface area contributed by atoms with Crippen molar-refractivity contribution in [3.05, 3.63) is 35.4 Å². The van der Waals surface area contributed by atoms with Gasteiger partial charge in [-0.1, -0.05) is 44.4 Å². The second-order valence-electron chi connectivity index (χ2n) is 5.93. The molecule has 0 bridgehead atoms. The molecular weight excluding hydrogens is 275 g/mol. The lowest BCUT2D eigenvalue weighted by molar-refractivity contribution is -0.137. The van der Waals surface area contributed by atoms with Crippen molar-refractivity contribution in [2.24, 2.45) is 0 Å². The fourth-order valence-electron chi connectivity index (χ4n) is 3.23. The van der Waals surface area contributed by atoms with Gasteiger partial charge in [0.25, 0.3) is 0 Å². The molecule has 1 nitrogen and oxygen atoms in total. The third-order valence-corrected chi connectivity index (χ3v) is 4.31. The van der Waals surface area contributed by atoms with Gasteiger partial charge in [0.15, 0.2) is 0 Å². The van der Waals surface area contributed by atoms with Gasteiger partial charge in [-0.3, -0.25) is 0 Å². The van der Waals surface area contributed by atoms with Crippen LogP contribution >= 0.6 is 0 Å². The molecule has 0 spiro atoms. The van der Waals surface area contributed by atoms with Crippen LogP contribution in [0.15, 0.2) is 24.3 Å². The average molecular weight is 299 g/mol. The van der Waals surface area contributed by atoms with Gasteiger partial charge in [0.1, 0.15) is 0 Å². The second kappa shape index (κ2) is 7.30. The van der Waals surface area contributed by atoms with E-state index in [1.165, 1.54) is 12.5 Å². The van der Waals surface area contributed by atoms with Gasteiger partial charge in [-0.15, -0.1) is 0 Å². The van der Waals surface area contributed by atoms with Gasteiger partial charge < -0.3 is 5.32 Å². The Labute approximate surface area is 124 Å². The molecule has 0 aromatic heterocycles. The van der Waals surface area contributed by atoms with Gasteiger partial charge in [-0.25, -0.2) is 0 Å². The van der Waals surface area contributed by atoms with E-state index in [1.807, 2.05) is 6.07 Å². The van der Waals surface area contributed by atoms with Gasteiger partial charge in [0.2, 0.25) is 0 Å². The summed E-state index contributed by atoms with van der Waals surface area (Å²) in [6.45, 7) is 3.04. The van der Waals surface area contributed by atoms with Crippen molar-refractivity contribution in [3.63, 3.8) is 0 Å². The van der Waals surface area contributed by atoms with E-state index in [9.17, 15) is 13.2 Å². The van der Waals surface area contributed by atoms with Gasteiger partial charge in [-0.2, -0.15) is 13.2 Å². The first-order valence-corrected chi connectivity index (χ1v) is 7.93. The molecule has 0 saturated heterocycles. The predicted octanol–water partition coefficient (Wildman–Crippen LogP) is 5.12. The summed E-state index contributed by atoms with van der Waals surface area (Å²) in [7, 11) is 0. The molecule has 1 aromatic rings. The number of hydrogen-bond acceptors (Lipinski definition) is 1. The molecule has 0 heterocycles. The van der Waals surface area contributed by atoms with Crippen molar-refractivity contribution in [2.75, 3.05) is 6.54 Å². The quantitative estimate of drug-likeness (QED) is 0.761. The highest BCUT2D eigenvalue weighted by Gasteiger charge is 2.32. The summed E-state index contributed by atoms with van der Waals surface area (Å²) in [5.74, 6) is 0.196. The maximum Gasteiger partial charge on any atom is 0.416 e. The van der Waals surface area contributed by atoms with Crippen LogP contribution in [-0.2, 0) is 6.18 Å². The Bertz CT molecular complexity index is 442. The molecule has 21 heavy (non-hydrogen) atoms. The van der Waals surface area contributed by atoms with Crippen LogP contribution in [-0.4, -0.2) is 12.6 Å². The first-order chi connectivity index (χ1) is 10.0. The highest BCUT2D eigenvalue weighted by Crippen LogP contribution is 2.35. The van der Waals surface area contributed by atoms with Crippen LogP contribution in [0.2, 0.25) is 0 Å². The van der Waals surface area contributed by atoms with Crippen molar-refractivity contribution in [2.45, 2.75) is 63.6 Å². The summed E-state index contributed by atoms with van der Waals surface area (Å²) in [5, 5.41) is 3.54. The lowest BCUT2D eigenvalue weighted by Gasteiger charge is -2.27. The standard InChI is InChI=1S/C17H24F3N/c1-2-11-21-16-10-5-3-4-9-15(16)13-7-6-8-14(12-13)17(18,19)20/h6-8,12,15-16,21H,2-5,9-11H2,1H3. The van der Waals surface area contributed by atoms with Gasteiger partial charge in [-0.05, 0) is 43.4 Å². The van der Waals surface area contributed by atoms with Crippen molar-refractivity contribution in [3.8, 4) is 0 Å². The second-order valence-corrected chi connectivity index (χ2v) is 5.93. The number of halogens is 3. The van der Waals surface area contributed by atoms with E-state index in [0.29, 0.717) is 6.04 Å². The molecule has 1 saturated carbocycles. The van der Waals surface area contributed by atoms with E-state index in [4.69, 9.17) is 0 Å². The minimum absolute atomic E-state index is 0.196. The number of benzene rings is 1. The number of nitrogens with one attached hydrogen (secondary N) is 1. The molecule has 1 N–H and O–H groups in total. The van der Waals surface area contributed by atoms with E-state index < -0.39 is 11.7 Å². The summed E-state index contributed by atoms with van der Waals surface area (Å²) in [6, 6.07) is 6.20. The van der Waals surface area contributed by atoms with Crippen molar-refractivity contribution < 1.29 is 13.2 Å². The Morgan fingerprint density at radius 3 is 2.62 bits per heavy atom. The lowest BCUT2D eigenvalue weighted by atomic mass is 9.86. The summed E-state index contributed by atoms with van der Waals surface area (Å²) in [4.78, 5) is 0. The summed E-state index contributed by atoms with van der Waals surface area (Å²) in [5.41, 5.74) is 0.304. The van der Waals surface area contributed by atoms with Crippen molar-refractivity contribution in [1.29, 1.82) is 0 Å². The number of alkyl halides is 3. The molecule has 118 valence electrons. The first-order valence-electron chi connectivity index (χ1n) is 7.93. The molecule has 1 fully saturated rings. The smallest absolute Gasteiger partial charge is 0.313 e. The molecule has 4 heteroatoms. The van der Waals surface area contributed by atoms with Gasteiger partial charge in [0, 0.05) is 6.04 Å². The largest absolute Gasteiger partial charge is 0.416 e. The number of hydrogen-bond donors (Lipinski definition) is 1. The van der Waals surface area contributed by atoms with E-state index >= 15 is 0 Å². The van der Waals surface area contributed by atoms with Crippen LogP contribution in [0.3, 0.4) is 0 Å². The molecule has 0 aliphatic heterocycles. The highest BCUT2D eigenvalue weighted by atomic mass is 19.4. The van der Waals surface area contributed by atoms with Gasteiger partial charge >= 0.3 is 6.18 Å². The van der Waals surface area contributed by atoms with Crippen LogP contribution in [0.25, 0.3) is 0 Å². The fraction of sp³-hybridized carbons (Fsp3) is 0.647.